The van der Waals surface area contributed by atoms with Crippen LogP contribution in [0.25, 0.3) is 0 Å². The van der Waals surface area contributed by atoms with Gasteiger partial charge in [0.15, 0.2) is 0 Å². The summed E-state index contributed by atoms with van der Waals surface area (Å²) in [6.07, 6.45) is 3.97. The molecule has 2 aliphatic carbocycles. The number of aryl methyl sites for hydroxylation is 1. The molecule has 2 aliphatic rings. The molecule has 2 heteroatoms. The topological polar surface area (TPSA) is 26.3 Å². The van der Waals surface area contributed by atoms with Crippen molar-refractivity contribution in [2.24, 2.45) is 11.8 Å². The number of carbonyl (C=O) groups excluding carboxylic acids is 1. The molecule has 1 fully saturated rings. The van der Waals surface area contributed by atoms with Gasteiger partial charge < -0.3 is 4.74 Å². The standard InChI is InChI=1S/C16H20O2/c1-11-8-14(11)10-18-16(17)9-13-7-6-12-4-2-3-5-15(12)13/h2-5,11,13-14H,6-10H2,1H3. The second-order valence-corrected chi connectivity index (χ2v) is 5.79. The summed E-state index contributed by atoms with van der Waals surface area (Å²) in [5.41, 5.74) is 2.76. The molecule has 0 aliphatic heterocycles. The Balaban J connectivity index is 1.52. The van der Waals surface area contributed by atoms with Gasteiger partial charge in [-0.15, -0.1) is 0 Å². The second-order valence-electron chi connectivity index (χ2n) is 5.79. The molecule has 18 heavy (non-hydrogen) atoms. The third kappa shape index (κ3) is 2.43. The van der Waals surface area contributed by atoms with Gasteiger partial charge in [-0.3, -0.25) is 4.79 Å². The van der Waals surface area contributed by atoms with Crippen molar-refractivity contribution < 1.29 is 9.53 Å². The second kappa shape index (κ2) is 4.75. The largest absolute Gasteiger partial charge is 0.465 e. The average molecular weight is 244 g/mol. The lowest BCUT2D eigenvalue weighted by Crippen LogP contribution is -2.11. The van der Waals surface area contributed by atoms with Gasteiger partial charge in [0.2, 0.25) is 0 Å². The van der Waals surface area contributed by atoms with Crippen LogP contribution in [0, 0.1) is 11.8 Å². The number of benzene rings is 1. The molecule has 0 heterocycles. The minimum atomic E-state index is -0.0178. The fourth-order valence-electron chi connectivity index (χ4n) is 2.95. The molecule has 0 bridgehead atoms. The summed E-state index contributed by atoms with van der Waals surface area (Å²) in [6, 6.07) is 8.47. The Morgan fingerprint density at radius 3 is 2.94 bits per heavy atom. The number of hydrogen-bond donors (Lipinski definition) is 0. The van der Waals surface area contributed by atoms with Gasteiger partial charge in [-0.2, -0.15) is 0 Å². The lowest BCUT2D eigenvalue weighted by molar-refractivity contribution is -0.144. The molecule has 1 aromatic carbocycles. The van der Waals surface area contributed by atoms with Crippen LogP contribution in [0.3, 0.4) is 0 Å². The van der Waals surface area contributed by atoms with Gasteiger partial charge in [0.25, 0.3) is 0 Å². The molecule has 0 aromatic heterocycles. The summed E-state index contributed by atoms with van der Waals surface area (Å²) in [7, 11) is 0. The molecule has 1 aromatic rings. The van der Waals surface area contributed by atoms with Crippen LogP contribution in [0.5, 0.6) is 0 Å². The van der Waals surface area contributed by atoms with E-state index in [4.69, 9.17) is 4.74 Å². The van der Waals surface area contributed by atoms with Crippen LogP contribution in [-0.2, 0) is 16.0 Å². The van der Waals surface area contributed by atoms with Crippen LogP contribution < -0.4 is 0 Å². The quantitative estimate of drug-likeness (QED) is 0.760. The summed E-state index contributed by atoms with van der Waals surface area (Å²) >= 11 is 0. The summed E-state index contributed by atoms with van der Waals surface area (Å²) in [5.74, 6) is 1.75. The van der Waals surface area contributed by atoms with Crippen LogP contribution >= 0.6 is 0 Å². The molecule has 3 atom stereocenters. The van der Waals surface area contributed by atoms with Crippen LogP contribution in [0.4, 0.5) is 0 Å². The van der Waals surface area contributed by atoms with E-state index in [1.165, 1.54) is 17.5 Å². The lowest BCUT2D eigenvalue weighted by Gasteiger charge is -2.11. The number of carbonyl (C=O) groups is 1. The minimum Gasteiger partial charge on any atom is -0.465 e. The average Bonchev–Trinajstić information content (AvgIpc) is 2.93. The highest BCUT2D eigenvalue weighted by molar-refractivity contribution is 5.71. The van der Waals surface area contributed by atoms with Crippen molar-refractivity contribution in [1.29, 1.82) is 0 Å². The zero-order valence-corrected chi connectivity index (χ0v) is 10.9. The first kappa shape index (κ1) is 11.8. The minimum absolute atomic E-state index is 0.0178. The van der Waals surface area contributed by atoms with Crippen molar-refractivity contribution in [3.05, 3.63) is 35.4 Å². The van der Waals surface area contributed by atoms with E-state index in [-0.39, 0.29) is 5.97 Å². The summed E-state index contributed by atoms with van der Waals surface area (Å²) in [6.45, 7) is 2.85. The number of ether oxygens (including phenoxy) is 1. The van der Waals surface area contributed by atoms with E-state index in [2.05, 4.69) is 31.2 Å². The number of esters is 1. The van der Waals surface area contributed by atoms with E-state index in [0.29, 0.717) is 24.9 Å². The first-order chi connectivity index (χ1) is 8.74. The third-order valence-corrected chi connectivity index (χ3v) is 4.40. The highest BCUT2D eigenvalue weighted by Crippen LogP contribution is 2.38. The Bertz CT molecular complexity index is 452. The molecule has 0 spiro atoms. The van der Waals surface area contributed by atoms with Crippen LogP contribution in [0.15, 0.2) is 24.3 Å². The maximum Gasteiger partial charge on any atom is 0.306 e. The SMILES string of the molecule is CC1CC1COC(=O)CC1CCc2ccccc21. The van der Waals surface area contributed by atoms with E-state index in [9.17, 15) is 4.79 Å². The smallest absolute Gasteiger partial charge is 0.306 e. The van der Waals surface area contributed by atoms with Crippen molar-refractivity contribution >= 4 is 5.97 Å². The van der Waals surface area contributed by atoms with Gasteiger partial charge in [0, 0.05) is 0 Å². The van der Waals surface area contributed by atoms with E-state index in [1.54, 1.807) is 0 Å². The first-order valence-corrected chi connectivity index (χ1v) is 6.97. The van der Waals surface area contributed by atoms with Crippen molar-refractivity contribution in [3.8, 4) is 0 Å². The van der Waals surface area contributed by atoms with Crippen molar-refractivity contribution in [3.63, 3.8) is 0 Å². The maximum absolute atomic E-state index is 11.8. The van der Waals surface area contributed by atoms with Crippen molar-refractivity contribution in [1.82, 2.24) is 0 Å². The molecule has 0 N–H and O–H groups in total. The number of hydrogen-bond acceptors (Lipinski definition) is 2. The summed E-state index contributed by atoms with van der Waals surface area (Å²) in [4.78, 5) is 11.8. The first-order valence-electron chi connectivity index (χ1n) is 6.97. The molecule has 3 unspecified atom stereocenters. The fraction of sp³-hybridized carbons (Fsp3) is 0.562. The van der Waals surface area contributed by atoms with Gasteiger partial charge in [0.05, 0.1) is 13.0 Å². The Labute approximate surface area is 108 Å². The molecule has 0 amide bonds. The maximum atomic E-state index is 11.8. The van der Waals surface area contributed by atoms with Gasteiger partial charge in [-0.25, -0.2) is 0 Å². The molecule has 3 rings (SSSR count). The summed E-state index contributed by atoms with van der Waals surface area (Å²) in [5, 5.41) is 0. The van der Waals surface area contributed by atoms with E-state index in [1.807, 2.05) is 0 Å². The molecule has 96 valence electrons. The molecular weight excluding hydrogens is 224 g/mol. The highest BCUT2D eigenvalue weighted by atomic mass is 16.5. The van der Waals surface area contributed by atoms with E-state index in [0.717, 1.165) is 18.8 Å². The molecule has 0 radical (unpaired) electrons. The summed E-state index contributed by atoms with van der Waals surface area (Å²) < 4.78 is 5.37. The normalized spacial score (nSPS) is 28.8. The van der Waals surface area contributed by atoms with E-state index < -0.39 is 0 Å². The van der Waals surface area contributed by atoms with Crippen LogP contribution in [-0.4, -0.2) is 12.6 Å². The molecule has 0 saturated heterocycles. The van der Waals surface area contributed by atoms with Gasteiger partial charge in [0.1, 0.15) is 0 Å². The molecule has 1 saturated carbocycles. The monoisotopic (exact) mass is 244 g/mol. The van der Waals surface area contributed by atoms with Crippen LogP contribution in [0.1, 0.15) is 43.2 Å². The van der Waals surface area contributed by atoms with Crippen molar-refractivity contribution in [2.45, 2.75) is 38.5 Å². The lowest BCUT2D eigenvalue weighted by atomic mass is 9.98. The Morgan fingerprint density at radius 1 is 1.39 bits per heavy atom. The van der Waals surface area contributed by atoms with Crippen LogP contribution in [0.2, 0.25) is 0 Å². The Hall–Kier alpha value is -1.31. The van der Waals surface area contributed by atoms with Crippen molar-refractivity contribution in [2.75, 3.05) is 6.61 Å². The zero-order chi connectivity index (χ0) is 12.5. The molecule has 2 nitrogen and oxygen atoms in total. The third-order valence-electron chi connectivity index (χ3n) is 4.40. The highest BCUT2D eigenvalue weighted by Gasteiger charge is 2.34. The predicted molar refractivity (Wildman–Crippen MR) is 70.4 cm³/mol. The van der Waals surface area contributed by atoms with E-state index >= 15 is 0 Å². The molecular formula is C16H20O2. The predicted octanol–water partition coefficient (Wildman–Crippen LogP) is 3.31. The van der Waals surface area contributed by atoms with Gasteiger partial charge in [-0.1, -0.05) is 31.2 Å². The Morgan fingerprint density at radius 2 is 2.17 bits per heavy atom. The number of rotatable bonds is 4. The van der Waals surface area contributed by atoms with Gasteiger partial charge >= 0.3 is 5.97 Å². The fourth-order valence-corrected chi connectivity index (χ4v) is 2.95. The Kier molecular flexibility index (Phi) is 3.11. The zero-order valence-electron chi connectivity index (χ0n) is 10.9. The van der Waals surface area contributed by atoms with Gasteiger partial charge in [-0.05, 0) is 48.1 Å². The number of fused-ring (bicyclic) bond motifs is 1.